The Balaban J connectivity index is 1.40. The number of nitrogens with zero attached hydrogens (tertiary/aromatic N) is 2. The molecule has 2 N–H and O–H groups in total. The van der Waals surface area contributed by atoms with Crippen LogP contribution in [0, 0.1) is 0 Å². The maximum absolute atomic E-state index is 12.9. The van der Waals surface area contributed by atoms with Gasteiger partial charge in [-0.05, 0) is 66.4 Å². The van der Waals surface area contributed by atoms with Crippen molar-refractivity contribution < 1.29 is 9.59 Å². The molecule has 3 aromatic rings. The molecule has 4 rings (SSSR count). The van der Waals surface area contributed by atoms with Crippen LogP contribution in [-0.4, -0.2) is 36.9 Å². The quantitative estimate of drug-likeness (QED) is 0.504. The highest BCUT2D eigenvalue weighted by Gasteiger charge is 2.20. The van der Waals surface area contributed by atoms with Crippen molar-refractivity contribution in [2.75, 3.05) is 30.4 Å². The molecule has 0 aromatic heterocycles. The smallest absolute Gasteiger partial charge is 0.253 e. The van der Waals surface area contributed by atoms with Gasteiger partial charge in [0, 0.05) is 62.8 Å². The molecule has 1 fully saturated rings. The van der Waals surface area contributed by atoms with Gasteiger partial charge in [-0.25, -0.2) is 0 Å². The molecule has 1 heterocycles. The van der Waals surface area contributed by atoms with Gasteiger partial charge in [0.25, 0.3) is 5.91 Å². The van der Waals surface area contributed by atoms with E-state index in [-0.39, 0.29) is 11.8 Å². The van der Waals surface area contributed by atoms with E-state index in [1.54, 1.807) is 6.07 Å². The van der Waals surface area contributed by atoms with Gasteiger partial charge in [0.2, 0.25) is 5.91 Å². The fraction of sp³-hybridized carbons (Fsp3) is 0.286. The van der Waals surface area contributed by atoms with E-state index in [1.807, 2.05) is 35.2 Å². The topological polar surface area (TPSA) is 64.7 Å². The van der Waals surface area contributed by atoms with E-state index in [2.05, 4.69) is 59.0 Å². The van der Waals surface area contributed by atoms with E-state index in [0.717, 1.165) is 42.9 Å². The second-order valence-corrected chi connectivity index (χ2v) is 8.76. The zero-order valence-corrected chi connectivity index (χ0v) is 19.9. The number of likely N-dealkylation sites (tertiary alicyclic amines) is 1. The zero-order valence-electron chi connectivity index (χ0n) is 19.9. The largest absolute Gasteiger partial charge is 0.345 e. The fourth-order valence-electron chi connectivity index (χ4n) is 4.29. The molecule has 2 amide bonds. The van der Waals surface area contributed by atoms with Crippen LogP contribution in [0.1, 0.15) is 41.3 Å². The molecule has 176 valence electrons. The van der Waals surface area contributed by atoms with Crippen molar-refractivity contribution in [3.8, 4) is 0 Å². The molecule has 1 saturated heterocycles. The molecular weight excluding hydrogens is 424 g/mol. The molecule has 6 nitrogen and oxygen atoms in total. The number of nitrogens with one attached hydrogen (secondary N) is 2. The molecule has 1 aliphatic heterocycles. The number of amides is 2. The van der Waals surface area contributed by atoms with Crippen molar-refractivity contribution in [3.63, 3.8) is 0 Å². The van der Waals surface area contributed by atoms with Crippen LogP contribution in [0.3, 0.4) is 0 Å². The third-order valence-corrected chi connectivity index (χ3v) is 6.08. The Hall–Kier alpha value is -3.64. The highest BCUT2D eigenvalue weighted by molar-refractivity contribution is 5.97. The molecule has 0 spiro atoms. The number of benzene rings is 3. The van der Waals surface area contributed by atoms with Crippen LogP contribution in [0.25, 0.3) is 0 Å². The first-order valence-corrected chi connectivity index (χ1v) is 11.8. The minimum atomic E-state index is -0.148. The van der Waals surface area contributed by atoms with Gasteiger partial charge >= 0.3 is 0 Å². The molecule has 1 aliphatic rings. The molecule has 34 heavy (non-hydrogen) atoms. The monoisotopic (exact) mass is 456 g/mol. The normalized spacial score (nSPS) is 13.1. The summed E-state index contributed by atoms with van der Waals surface area (Å²) in [4.78, 5) is 28.6. The number of carbonyl (C=O) groups is 2. The lowest BCUT2D eigenvalue weighted by Crippen LogP contribution is -2.28. The lowest BCUT2D eigenvalue weighted by Gasteiger charge is -2.19. The van der Waals surface area contributed by atoms with E-state index >= 15 is 0 Å². The van der Waals surface area contributed by atoms with Crippen LogP contribution in [0.5, 0.6) is 0 Å². The second-order valence-electron chi connectivity index (χ2n) is 8.76. The summed E-state index contributed by atoms with van der Waals surface area (Å²) in [5.74, 6) is -0.116. The third kappa shape index (κ3) is 6.02. The Morgan fingerprint density at radius 2 is 1.50 bits per heavy atom. The molecular formula is C28H32N4O2. The maximum Gasteiger partial charge on any atom is 0.253 e. The molecule has 0 aliphatic carbocycles. The molecule has 0 atom stereocenters. The van der Waals surface area contributed by atoms with Gasteiger partial charge in [-0.15, -0.1) is 0 Å². The zero-order chi connectivity index (χ0) is 23.9. The molecule has 0 unspecified atom stereocenters. The highest BCUT2D eigenvalue weighted by atomic mass is 16.2. The minimum absolute atomic E-state index is 0.0316. The summed E-state index contributed by atoms with van der Waals surface area (Å²) in [5, 5.41) is 6.29. The second kappa shape index (κ2) is 11.0. The fourth-order valence-corrected chi connectivity index (χ4v) is 4.29. The van der Waals surface area contributed by atoms with Gasteiger partial charge in [0.15, 0.2) is 0 Å². The number of anilines is 3. The van der Waals surface area contributed by atoms with Gasteiger partial charge in [-0.1, -0.05) is 30.3 Å². The number of para-hydroxylation sites is 1. The van der Waals surface area contributed by atoms with Crippen molar-refractivity contribution in [2.24, 2.45) is 0 Å². The SMILES string of the molecule is CC(=O)Nc1cc(CNCc2ccc(N(C)c3ccccc3)cc2)cc(C(=O)N2CCCC2)c1. The lowest BCUT2D eigenvalue weighted by atomic mass is 10.1. The summed E-state index contributed by atoms with van der Waals surface area (Å²) in [6.45, 7) is 4.37. The van der Waals surface area contributed by atoms with Gasteiger partial charge < -0.3 is 20.4 Å². The average Bonchev–Trinajstić information content (AvgIpc) is 3.39. The molecule has 0 saturated carbocycles. The summed E-state index contributed by atoms with van der Waals surface area (Å²) in [7, 11) is 2.06. The summed E-state index contributed by atoms with van der Waals surface area (Å²) >= 11 is 0. The van der Waals surface area contributed by atoms with Crippen LogP contribution in [-0.2, 0) is 17.9 Å². The number of hydrogen-bond donors (Lipinski definition) is 2. The van der Waals surface area contributed by atoms with Gasteiger partial charge in [-0.2, -0.15) is 0 Å². The molecule has 3 aromatic carbocycles. The number of hydrogen-bond acceptors (Lipinski definition) is 4. The van der Waals surface area contributed by atoms with Crippen LogP contribution in [0.4, 0.5) is 17.1 Å². The Labute approximate surface area is 201 Å². The third-order valence-electron chi connectivity index (χ3n) is 6.08. The van der Waals surface area contributed by atoms with Crippen molar-refractivity contribution in [1.29, 1.82) is 0 Å². The summed E-state index contributed by atoms with van der Waals surface area (Å²) in [5.41, 5.74) is 5.70. The Bertz CT molecular complexity index is 1120. The highest BCUT2D eigenvalue weighted by Crippen LogP contribution is 2.23. The van der Waals surface area contributed by atoms with Crippen molar-refractivity contribution >= 4 is 28.9 Å². The summed E-state index contributed by atoms with van der Waals surface area (Å²) < 4.78 is 0. The van der Waals surface area contributed by atoms with Gasteiger partial charge in [-0.3, -0.25) is 9.59 Å². The molecule has 0 radical (unpaired) electrons. The Morgan fingerprint density at radius 3 is 2.18 bits per heavy atom. The summed E-state index contributed by atoms with van der Waals surface area (Å²) in [6.07, 6.45) is 2.09. The van der Waals surface area contributed by atoms with E-state index in [9.17, 15) is 9.59 Å². The standard InChI is InChI=1S/C28H32N4O2/c1-21(33)30-25-17-23(16-24(18-25)28(34)32-14-6-7-15-32)20-29-19-22-10-12-27(13-11-22)31(2)26-8-4-3-5-9-26/h3-5,8-13,16-18,29H,6-7,14-15,19-20H2,1-2H3,(H,30,33). The van der Waals surface area contributed by atoms with Crippen LogP contribution in [0.2, 0.25) is 0 Å². The van der Waals surface area contributed by atoms with E-state index in [4.69, 9.17) is 0 Å². The Morgan fingerprint density at radius 1 is 0.853 bits per heavy atom. The average molecular weight is 457 g/mol. The maximum atomic E-state index is 12.9. The van der Waals surface area contributed by atoms with Crippen LogP contribution < -0.4 is 15.5 Å². The van der Waals surface area contributed by atoms with Crippen LogP contribution >= 0.6 is 0 Å². The first kappa shape index (κ1) is 23.5. The van der Waals surface area contributed by atoms with Crippen molar-refractivity contribution in [1.82, 2.24) is 10.2 Å². The van der Waals surface area contributed by atoms with Crippen molar-refractivity contribution in [3.05, 3.63) is 89.5 Å². The predicted molar refractivity (Wildman–Crippen MR) is 137 cm³/mol. The van der Waals surface area contributed by atoms with E-state index in [1.165, 1.54) is 12.5 Å². The predicted octanol–water partition coefficient (Wildman–Crippen LogP) is 4.94. The molecule has 6 heteroatoms. The van der Waals surface area contributed by atoms with Gasteiger partial charge in [0.1, 0.15) is 0 Å². The first-order valence-electron chi connectivity index (χ1n) is 11.8. The van der Waals surface area contributed by atoms with Crippen molar-refractivity contribution in [2.45, 2.75) is 32.9 Å². The van der Waals surface area contributed by atoms with Gasteiger partial charge in [0.05, 0.1) is 0 Å². The first-order chi connectivity index (χ1) is 16.5. The van der Waals surface area contributed by atoms with Crippen LogP contribution in [0.15, 0.2) is 72.8 Å². The number of rotatable bonds is 8. The van der Waals surface area contributed by atoms with E-state index < -0.39 is 0 Å². The summed E-state index contributed by atoms with van der Waals surface area (Å²) in [6, 6.07) is 24.4. The Kier molecular flexibility index (Phi) is 7.60. The van der Waals surface area contributed by atoms with E-state index in [0.29, 0.717) is 24.3 Å². The number of carbonyl (C=O) groups excluding carboxylic acids is 2. The molecule has 0 bridgehead atoms. The minimum Gasteiger partial charge on any atom is -0.345 e. The lowest BCUT2D eigenvalue weighted by molar-refractivity contribution is -0.114.